The molecule has 10 nitrogen and oxygen atoms in total. The summed E-state index contributed by atoms with van der Waals surface area (Å²) in [7, 11) is 0. The molecule has 4 aromatic rings. The van der Waals surface area contributed by atoms with Gasteiger partial charge in [-0.1, -0.05) is 48.0 Å². The molecule has 1 aliphatic heterocycles. The van der Waals surface area contributed by atoms with Crippen molar-refractivity contribution in [1.82, 2.24) is 10.7 Å². The highest BCUT2D eigenvalue weighted by molar-refractivity contribution is 6.33. The lowest BCUT2D eigenvalue weighted by Crippen LogP contribution is -2.32. The van der Waals surface area contributed by atoms with Gasteiger partial charge in [-0.15, -0.1) is 0 Å². The summed E-state index contributed by atoms with van der Waals surface area (Å²) in [5, 5.41) is 6.97. The van der Waals surface area contributed by atoms with Crippen LogP contribution in [0.3, 0.4) is 0 Å². The maximum Gasteiger partial charge on any atom is 0.345 e. The molecule has 0 spiro atoms. The zero-order valence-electron chi connectivity index (χ0n) is 23.4. The Morgan fingerprint density at radius 2 is 1.64 bits per heavy atom. The van der Waals surface area contributed by atoms with E-state index in [0.717, 1.165) is 0 Å². The van der Waals surface area contributed by atoms with E-state index < -0.39 is 17.8 Å². The number of carbonyl (C=O) groups excluding carboxylic acids is 3. The lowest BCUT2D eigenvalue weighted by atomic mass is 10.1. The van der Waals surface area contributed by atoms with Crippen molar-refractivity contribution >= 4 is 41.7 Å². The van der Waals surface area contributed by atoms with Crippen molar-refractivity contribution in [2.45, 2.75) is 6.92 Å². The van der Waals surface area contributed by atoms with E-state index >= 15 is 0 Å². The van der Waals surface area contributed by atoms with Crippen molar-refractivity contribution in [3.05, 3.63) is 124 Å². The molecule has 0 radical (unpaired) electrons. The zero-order valence-corrected chi connectivity index (χ0v) is 24.2. The van der Waals surface area contributed by atoms with Gasteiger partial charge in [0, 0.05) is 5.56 Å². The highest BCUT2D eigenvalue weighted by atomic mass is 35.5. The first kappa shape index (κ1) is 29.9. The summed E-state index contributed by atoms with van der Waals surface area (Å²) in [4.78, 5) is 38.7. The molecule has 0 saturated heterocycles. The highest BCUT2D eigenvalue weighted by Crippen LogP contribution is 2.33. The summed E-state index contributed by atoms with van der Waals surface area (Å²) in [6, 6.07) is 25.0. The SMILES string of the molecule is CCOc1cc(/C=N/NC(=O)/C(=C\c2ccc3c(c2)OCO3)NC(=O)c2ccccc2)ccc1OC(=O)c1ccccc1Cl. The van der Waals surface area contributed by atoms with Crippen molar-refractivity contribution in [1.29, 1.82) is 0 Å². The Morgan fingerprint density at radius 3 is 2.43 bits per heavy atom. The van der Waals surface area contributed by atoms with Gasteiger partial charge in [-0.25, -0.2) is 10.2 Å². The van der Waals surface area contributed by atoms with Crippen molar-refractivity contribution in [3.63, 3.8) is 0 Å². The van der Waals surface area contributed by atoms with E-state index in [1.54, 1.807) is 97.9 Å². The second kappa shape index (κ2) is 14.0. The number of hydrogen-bond acceptors (Lipinski definition) is 8. The molecule has 2 amide bonds. The minimum absolute atomic E-state index is 0.0493. The normalized spacial score (nSPS) is 12.1. The molecule has 0 unspecified atom stereocenters. The van der Waals surface area contributed by atoms with Crippen LogP contribution in [0, 0.1) is 0 Å². The summed E-state index contributed by atoms with van der Waals surface area (Å²) in [6.45, 7) is 2.20. The molecule has 11 heteroatoms. The van der Waals surface area contributed by atoms with Crippen LogP contribution in [0.4, 0.5) is 0 Å². The van der Waals surface area contributed by atoms with Gasteiger partial charge in [-0.3, -0.25) is 9.59 Å². The van der Waals surface area contributed by atoms with Gasteiger partial charge in [0.15, 0.2) is 23.0 Å². The summed E-state index contributed by atoms with van der Waals surface area (Å²) in [5.41, 5.74) is 4.12. The molecule has 0 saturated carbocycles. The first-order valence-corrected chi connectivity index (χ1v) is 13.8. The Kier molecular flexibility index (Phi) is 9.53. The molecule has 0 bridgehead atoms. The summed E-state index contributed by atoms with van der Waals surface area (Å²) in [5.74, 6) is -0.181. The van der Waals surface area contributed by atoms with E-state index in [2.05, 4.69) is 15.8 Å². The number of rotatable bonds is 10. The fourth-order valence-electron chi connectivity index (χ4n) is 4.08. The van der Waals surface area contributed by atoms with Gasteiger partial charge >= 0.3 is 5.97 Å². The van der Waals surface area contributed by atoms with Gasteiger partial charge in [0.1, 0.15) is 5.70 Å². The molecular weight excluding hydrogens is 586 g/mol. The van der Waals surface area contributed by atoms with Crippen molar-refractivity contribution in [2.24, 2.45) is 5.10 Å². The van der Waals surface area contributed by atoms with Crippen LogP contribution < -0.4 is 29.7 Å². The summed E-state index contributed by atoms with van der Waals surface area (Å²) >= 11 is 6.12. The van der Waals surface area contributed by atoms with Gasteiger partial charge in [0.2, 0.25) is 6.79 Å². The average molecular weight is 612 g/mol. The van der Waals surface area contributed by atoms with Crippen LogP contribution in [-0.4, -0.2) is 37.4 Å². The third-order valence-electron chi connectivity index (χ3n) is 6.18. The Balaban J connectivity index is 1.32. The fourth-order valence-corrected chi connectivity index (χ4v) is 4.29. The number of carbonyl (C=O) groups is 3. The van der Waals surface area contributed by atoms with Gasteiger partial charge < -0.3 is 24.3 Å². The first-order chi connectivity index (χ1) is 21.4. The topological polar surface area (TPSA) is 125 Å². The summed E-state index contributed by atoms with van der Waals surface area (Å²) in [6.07, 6.45) is 2.89. The third kappa shape index (κ3) is 7.42. The maximum absolute atomic E-state index is 13.2. The Bertz CT molecular complexity index is 1760. The van der Waals surface area contributed by atoms with Crippen molar-refractivity contribution in [3.8, 4) is 23.0 Å². The molecule has 0 atom stereocenters. The van der Waals surface area contributed by atoms with Crippen LogP contribution in [0.25, 0.3) is 6.08 Å². The quantitative estimate of drug-likeness (QED) is 0.0785. The fraction of sp³-hybridized carbons (Fsp3) is 0.0909. The Hall–Kier alpha value is -5.61. The number of benzene rings is 4. The second-order valence-electron chi connectivity index (χ2n) is 9.20. The number of hydrazone groups is 1. The number of fused-ring (bicyclic) bond motifs is 1. The zero-order chi connectivity index (χ0) is 30.9. The lowest BCUT2D eigenvalue weighted by Gasteiger charge is -2.12. The van der Waals surface area contributed by atoms with Crippen LogP contribution in [0.1, 0.15) is 38.8 Å². The molecule has 1 heterocycles. The number of halogens is 1. The molecule has 222 valence electrons. The van der Waals surface area contributed by atoms with E-state index in [1.807, 2.05) is 0 Å². The molecule has 4 aromatic carbocycles. The molecule has 0 fully saturated rings. The molecule has 0 aliphatic carbocycles. The van der Waals surface area contributed by atoms with Crippen LogP contribution in [0.15, 0.2) is 102 Å². The predicted molar refractivity (Wildman–Crippen MR) is 164 cm³/mol. The highest BCUT2D eigenvalue weighted by Gasteiger charge is 2.18. The Morgan fingerprint density at radius 1 is 0.886 bits per heavy atom. The lowest BCUT2D eigenvalue weighted by molar-refractivity contribution is -0.117. The maximum atomic E-state index is 13.2. The molecular formula is C33H26ClN3O7. The molecule has 2 N–H and O–H groups in total. The first-order valence-electron chi connectivity index (χ1n) is 13.5. The van der Waals surface area contributed by atoms with Crippen molar-refractivity contribution in [2.75, 3.05) is 13.4 Å². The largest absolute Gasteiger partial charge is 0.490 e. The second-order valence-corrected chi connectivity index (χ2v) is 9.61. The van der Waals surface area contributed by atoms with Gasteiger partial charge in [0.25, 0.3) is 11.8 Å². The standard InChI is InChI=1S/C33H26ClN3O7/c1-2-41-30-18-22(13-15-28(30)44-33(40)24-10-6-7-11-25(24)34)19-35-37-32(39)26(36-31(38)23-8-4-3-5-9-23)16-21-12-14-27-29(17-21)43-20-42-27/h3-19H,2,20H2,1H3,(H,36,38)(H,37,39)/b26-16+,35-19+. The van der Waals surface area contributed by atoms with Gasteiger partial charge in [-0.2, -0.15) is 5.10 Å². The van der Waals surface area contributed by atoms with E-state index in [-0.39, 0.29) is 28.8 Å². The number of esters is 1. The number of ether oxygens (including phenoxy) is 4. The third-order valence-corrected chi connectivity index (χ3v) is 6.51. The van der Waals surface area contributed by atoms with Crippen LogP contribution in [0.5, 0.6) is 23.0 Å². The van der Waals surface area contributed by atoms with Crippen LogP contribution in [0.2, 0.25) is 5.02 Å². The number of hydrogen-bond donors (Lipinski definition) is 2. The number of nitrogens with zero attached hydrogens (tertiary/aromatic N) is 1. The van der Waals surface area contributed by atoms with Crippen molar-refractivity contribution < 1.29 is 33.3 Å². The molecule has 0 aromatic heterocycles. The smallest absolute Gasteiger partial charge is 0.345 e. The van der Waals surface area contributed by atoms with Crippen LogP contribution >= 0.6 is 11.6 Å². The van der Waals surface area contributed by atoms with Crippen LogP contribution in [-0.2, 0) is 4.79 Å². The van der Waals surface area contributed by atoms with E-state index in [0.29, 0.717) is 40.5 Å². The van der Waals surface area contributed by atoms with Gasteiger partial charge in [0.05, 0.1) is 23.4 Å². The monoisotopic (exact) mass is 611 g/mol. The van der Waals surface area contributed by atoms with Gasteiger partial charge in [-0.05, 0) is 78.7 Å². The molecule has 5 rings (SSSR count). The minimum atomic E-state index is -0.668. The molecule has 1 aliphatic rings. The molecule has 44 heavy (non-hydrogen) atoms. The van der Waals surface area contributed by atoms with E-state index in [1.165, 1.54) is 12.3 Å². The summed E-state index contributed by atoms with van der Waals surface area (Å²) < 4.78 is 22.0. The number of amides is 2. The minimum Gasteiger partial charge on any atom is -0.490 e. The van der Waals surface area contributed by atoms with E-state index in [4.69, 9.17) is 30.5 Å². The van der Waals surface area contributed by atoms with E-state index in [9.17, 15) is 14.4 Å². The number of nitrogens with one attached hydrogen (secondary N) is 2. The Labute approximate surface area is 257 Å². The predicted octanol–water partition coefficient (Wildman–Crippen LogP) is 5.61. The average Bonchev–Trinajstić information content (AvgIpc) is 3.50.